The van der Waals surface area contributed by atoms with Crippen molar-refractivity contribution in [3.05, 3.63) is 36.1 Å². The zero-order valence-corrected chi connectivity index (χ0v) is 11.4. The van der Waals surface area contributed by atoms with Crippen molar-refractivity contribution in [2.24, 2.45) is 5.92 Å². The van der Waals surface area contributed by atoms with E-state index < -0.39 is 0 Å². The van der Waals surface area contributed by atoms with E-state index >= 15 is 0 Å². The van der Waals surface area contributed by atoms with Crippen molar-refractivity contribution in [2.45, 2.75) is 37.7 Å². The second-order valence-electron chi connectivity index (χ2n) is 6.09. The Morgan fingerprint density at radius 3 is 2.85 bits per heavy atom. The Kier molecular flexibility index (Phi) is 2.71. The second kappa shape index (κ2) is 4.45. The predicted molar refractivity (Wildman–Crippen MR) is 75.8 cm³/mol. The Bertz CT molecular complexity index is 618. The molecule has 3 nitrogen and oxygen atoms in total. The smallest absolute Gasteiger partial charge is 0.201 e. The summed E-state index contributed by atoms with van der Waals surface area (Å²) in [5.74, 6) is 0.716. The third-order valence-corrected chi connectivity index (χ3v) is 4.80. The number of furan rings is 1. The summed E-state index contributed by atoms with van der Waals surface area (Å²) in [6.45, 7) is 0.705. The molecule has 1 aromatic carbocycles. The Morgan fingerprint density at radius 2 is 2.10 bits per heavy atom. The molecule has 1 saturated heterocycles. The molecule has 4 rings (SSSR count). The molecule has 1 spiro atoms. The molecule has 1 aromatic heterocycles. The monoisotopic (exact) mass is 270 g/mol. The van der Waals surface area contributed by atoms with E-state index in [4.69, 9.17) is 9.15 Å². The molecule has 0 bridgehead atoms. The lowest BCUT2D eigenvalue weighted by Gasteiger charge is -2.46. The summed E-state index contributed by atoms with van der Waals surface area (Å²) >= 11 is 0. The molecule has 2 aromatic rings. The van der Waals surface area contributed by atoms with Gasteiger partial charge in [-0.1, -0.05) is 18.2 Å². The van der Waals surface area contributed by atoms with Gasteiger partial charge in [0.1, 0.15) is 5.58 Å². The lowest BCUT2D eigenvalue weighted by Crippen LogP contribution is -2.47. The normalized spacial score (nSPS) is 24.7. The maximum absolute atomic E-state index is 12.6. The van der Waals surface area contributed by atoms with Gasteiger partial charge in [-0.2, -0.15) is 0 Å². The minimum absolute atomic E-state index is 0.00456. The van der Waals surface area contributed by atoms with Crippen LogP contribution in [0.15, 0.2) is 34.7 Å². The zero-order valence-electron chi connectivity index (χ0n) is 11.4. The van der Waals surface area contributed by atoms with Crippen LogP contribution in [0.5, 0.6) is 0 Å². The minimum atomic E-state index is 0.00456. The fourth-order valence-corrected chi connectivity index (χ4v) is 3.48. The number of Topliss-reactive ketones (excluding diaryl/α,β-unsaturated/α-hetero) is 1. The predicted octanol–water partition coefficient (Wildman–Crippen LogP) is 3.96. The minimum Gasteiger partial charge on any atom is -0.453 e. The van der Waals surface area contributed by atoms with Crippen molar-refractivity contribution >= 4 is 16.8 Å². The number of fused-ring (bicyclic) bond motifs is 1. The zero-order chi connectivity index (χ0) is 13.6. The first-order chi connectivity index (χ1) is 9.76. The molecule has 0 radical (unpaired) electrons. The van der Waals surface area contributed by atoms with Gasteiger partial charge >= 0.3 is 0 Å². The quantitative estimate of drug-likeness (QED) is 0.775. The maximum atomic E-state index is 12.6. The van der Waals surface area contributed by atoms with E-state index in [1.54, 1.807) is 0 Å². The van der Waals surface area contributed by atoms with Crippen LogP contribution in [-0.4, -0.2) is 18.0 Å². The summed E-state index contributed by atoms with van der Waals surface area (Å²) in [6, 6.07) is 9.65. The summed E-state index contributed by atoms with van der Waals surface area (Å²) in [5.41, 5.74) is 0.797. The van der Waals surface area contributed by atoms with Crippen LogP contribution in [0.1, 0.15) is 42.7 Å². The Hall–Kier alpha value is -1.61. The molecule has 3 heteroatoms. The molecule has 0 N–H and O–H groups in total. The highest BCUT2D eigenvalue weighted by Crippen LogP contribution is 2.45. The lowest BCUT2D eigenvalue weighted by atomic mass is 9.71. The number of rotatable bonds is 2. The molecule has 2 aliphatic rings. The van der Waals surface area contributed by atoms with Gasteiger partial charge in [-0.3, -0.25) is 4.79 Å². The second-order valence-corrected chi connectivity index (χ2v) is 6.09. The van der Waals surface area contributed by atoms with E-state index in [-0.39, 0.29) is 17.3 Å². The number of hydrogen-bond acceptors (Lipinski definition) is 3. The SMILES string of the molecule is O=C(c1cc2ccccc2o1)C1CCOC2(CCC2)C1. The Balaban J connectivity index is 1.59. The topological polar surface area (TPSA) is 39.4 Å². The summed E-state index contributed by atoms with van der Waals surface area (Å²) in [6.07, 6.45) is 5.12. The summed E-state index contributed by atoms with van der Waals surface area (Å²) in [7, 11) is 0. The van der Waals surface area contributed by atoms with Crippen LogP contribution in [0.4, 0.5) is 0 Å². The molecule has 1 saturated carbocycles. The van der Waals surface area contributed by atoms with E-state index in [0.29, 0.717) is 12.4 Å². The highest BCUT2D eigenvalue weighted by atomic mass is 16.5. The third-order valence-electron chi connectivity index (χ3n) is 4.80. The highest BCUT2D eigenvalue weighted by Gasteiger charge is 2.44. The Labute approximate surface area is 117 Å². The van der Waals surface area contributed by atoms with Crippen molar-refractivity contribution in [3.8, 4) is 0 Å². The number of hydrogen-bond donors (Lipinski definition) is 0. The van der Waals surface area contributed by atoms with Gasteiger partial charge in [0, 0.05) is 17.9 Å². The number of benzene rings is 1. The van der Waals surface area contributed by atoms with Crippen LogP contribution in [0.25, 0.3) is 11.0 Å². The van der Waals surface area contributed by atoms with Crippen molar-refractivity contribution in [3.63, 3.8) is 0 Å². The summed E-state index contributed by atoms with van der Waals surface area (Å²) in [5, 5.41) is 1.00. The van der Waals surface area contributed by atoms with Crippen LogP contribution >= 0.6 is 0 Å². The van der Waals surface area contributed by atoms with Gasteiger partial charge in [0.25, 0.3) is 0 Å². The molecule has 20 heavy (non-hydrogen) atoms. The van der Waals surface area contributed by atoms with E-state index in [1.807, 2.05) is 30.3 Å². The molecule has 1 aliphatic carbocycles. The van der Waals surface area contributed by atoms with Gasteiger partial charge in [0.05, 0.1) is 5.60 Å². The number of para-hydroxylation sites is 1. The van der Waals surface area contributed by atoms with Crippen molar-refractivity contribution in [1.29, 1.82) is 0 Å². The molecule has 1 atom stereocenters. The standard InChI is InChI=1S/C17H18O3/c18-16(13-6-9-19-17(11-13)7-3-8-17)15-10-12-4-1-2-5-14(12)20-15/h1-2,4-5,10,13H,3,6-9,11H2. The molecule has 1 unspecified atom stereocenters. The molecule has 104 valence electrons. The van der Waals surface area contributed by atoms with E-state index in [1.165, 1.54) is 6.42 Å². The van der Waals surface area contributed by atoms with Crippen LogP contribution in [0, 0.1) is 5.92 Å². The number of ketones is 1. The van der Waals surface area contributed by atoms with Gasteiger partial charge in [0.15, 0.2) is 5.76 Å². The van der Waals surface area contributed by atoms with Crippen molar-refractivity contribution in [1.82, 2.24) is 0 Å². The Morgan fingerprint density at radius 1 is 1.25 bits per heavy atom. The van der Waals surface area contributed by atoms with Crippen molar-refractivity contribution < 1.29 is 13.9 Å². The van der Waals surface area contributed by atoms with Crippen molar-refractivity contribution in [2.75, 3.05) is 6.61 Å². The van der Waals surface area contributed by atoms with Crippen LogP contribution in [-0.2, 0) is 4.74 Å². The molecule has 2 heterocycles. The summed E-state index contributed by atoms with van der Waals surface area (Å²) in [4.78, 5) is 12.6. The number of ether oxygens (including phenoxy) is 1. The fraction of sp³-hybridized carbons (Fsp3) is 0.471. The van der Waals surface area contributed by atoms with Crippen LogP contribution < -0.4 is 0 Å². The lowest BCUT2D eigenvalue weighted by molar-refractivity contribution is -0.137. The van der Waals surface area contributed by atoms with Gasteiger partial charge in [-0.05, 0) is 44.2 Å². The molecule has 1 aliphatic heterocycles. The number of carbonyl (C=O) groups is 1. The number of carbonyl (C=O) groups excluding carboxylic acids is 1. The van der Waals surface area contributed by atoms with Gasteiger partial charge in [-0.25, -0.2) is 0 Å². The summed E-state index contributed by atoms with van der Waals surface area (Å²) < 4.78 is 11.6. The van der Waals surface area contributed by atoms with Gasteiger partial charge in [-0.15, -0.1) is 0 Å². The van der Waals surface area contributed by atoms with E-state index in [9.17, 15) is 4.79 Å². The maximum Gasteiger partial charge on any atom is 0.201 e. The molecule has 0 amide bonds. The first kappa shape index (κ1) is 12.2. The molecular weight excluding hydrogens is 252 g/mol. The van der Waals surface area contributed by atoms with E-state index in [2.05, 4.69) is 0 Å². The molecule has 2 fully saturated rings. The average molecular weight is 270 g/mol. The van der Waals surface area contributed by atoms with Crippen LogP contribution in [0.3, 0.4) is 0 Å². The highest BCUT2D eigenvalue weighted by molar-refractivity contribution is 5.99. The van der Waals surface area contributed by atoms with Gasteiger partial charge < -0.3 is 9.15 Å². The first-order valence-corrected chi connectivity index (χ1v) is 7.43. The largest absolute Gasteiger partial charge is 0.453 e. The van der Waals surface area contributed by atoms with Crippen LogP contribution in [0.2, 0.25) is 0 Å². The molecular formula is C17H18O3. The fourth-order valence-electron chi connectivity index (χ4n) is 3.48. The first-order valence-electron chi connectivity index (χ1n) is 7.43. The average Bonchev–Trinajstić information content (AvgIpc) is 2.89. The van der Waals surface area contributed by atoms with Gasteiger partial charge in [0.2, 0.25) is 5.78 Å². The third kappa shape index (κ3) is 1.88. The van der Waals surface area contributed by atoms with E-state index in [0.717, 1.165) is 36.7 Å².